The summed E-state index contributed by atoms with van der Waals surface area (Å²) in [6.45, 7) is 3.06. The van der Waals surface area contributed by atoms with Crippen molar-refractivity contribution in [1.82, 2.24) is 0 Å². The van der Waals surface area contributed by atoms with E-state index in [0.29, 0.717) is 0 Å². The van der Waals surface area contributed by atoms with Gasteiger partial charge in [-0.05, 0) is 13.8 Å². The maximum Gasteiger partial charge on any atom is 0.126 e. The molecular weight excluding hydrogens is 91.1 g/mol. The summed E-state index contributed by atoms with van der Waals surface area (Å²) in [6.07, 6.45) is 0. The van der Waals surface area contributed by atoms with E-state index in [1.165, 1.54) is 13.8 Å². The molecule has 0 aliphatic rings. The molecule has 0 aromatic rings. The van der Waals surface area contributed by atoms with Gasteiger partial charge in [-0.2, -0.15) is 0 Å². The van der Waals surface area contributed by atoms with Crippen LogP contribution in [0.1, 0.15) is 13.8 Å². The summed E-state index contributed by atoms with van der Waals surface area (Å²) in [5, 5.41) is 0. The molecule has 0 saturated heterocycles. The van der Waals surface area contributed by atoms with Crippen LogP contribution in [-0.4, -0.2) is 57.2 Å². The molecule has 0 spiro atoms. The summed E-state index contributed by atoms with van der Waals surface area (Å²) < 4.78 is 0. The standard InChI is InChI=1S/C3H6O.K/c1-3(2)4;/h1-2H3;. The van der Waals surface area contributed by atoms with Gasteiger partial charge in [0.25, 0.3) is 0 Å². The van der Waals surface area contributed by atoms with E-state index in [-0.39, 0.29) is 57.2 Å². The number of hydrogen-bond acceptors (Lipinski definition) is 1. The summed E-state index contributed by atoms with van der Waals surface area (Å²) in [5.41, 5.74) is 0. The minimum absolute atomic E-state index is 0. The van der Waals surface area contributed by atoms with E-state index in [2.05, 4.69) is 0 Å². The second-order valence-corrected chi connectivity index (χ2v) is 0.908. The Labute approximate surface area is 74.6 Å². The van der Waals surface area contributed by atoms with Crippen LogP contribution in [-0.2, 0) is 4.79 Å². The zero-order valence-corrected chi connectivity index (χ0v) is 7.03. The SMILES string of the molecule is CC(C)=O.[K]. The molecule has 0 N–H and O–H groups in total. The van der Waals surface area contributed by atoms with E-state index >= 15 is 0 Å². The molecule has 0 heterocycles. The minimum Gasteiger partial charge on any atom is -0.300 e. The molecule has 0 unspecified atom stereocenters. The van der Waals surface area contributed by atoms with Crippen LogP contribution >= 0.6 is 0 Å². The van der Waals surface area contributed by atoms with Crippen LogP contribution in [0.15, 0.2) is 0 Å². The van der Waals surface area contributed by atoms with Crippen molar-refractivity contribution in [1.29, 1.82) is 0 Å². The quantitative estimate of drug-likeness (QED) is 0.395. The Kier molecular flexibility index (Phi) is 10.2. The van der Waals surface area contributed by atoms with Crippen molar-refractivity contribution >= 4 is 57.2 Å². The van der Waals surface area contributed by atoms with Gasteiger partial charge >= 0.3 is 0 Å². The topological polar surface area (TPSA) is 17.1 Å². The Morgan fingerprint density at radius 3 is 1.40 bits per heavy atom. The van der Waals surface area contributed by atoms with Gasteiger partial charge in [-0.25, -0.2) is 0 Å². The van der Waals surface area contributed by atoms with Gasteiger partial charge in [-0.3, -0.25) is 0 Å². The molecule has 0 rings (SSSR count). The number of carbonyl (C=O) groups excluding carboxylic acids is 1. The van der Waals surface area contributed by atoms with Crippen molar-refractivity contribution in [3.63, 3.8) is 0 Å². The Bertz CT molecular complexity index is 29.9. The predicted octanol–water partition coefficient (Wildman–Crippen LogP) is 0.214. The van der Waals surface area contributed by atoms with Crippen LogP contribution in [0.25, 0.3) is 0 Å². The van der Waals surface area contributed by atoms with E-state index in [4.69, 9.17) is 0 Å². The van der Waals surface area contributed by atoms with Crippen molar-refractivity contribution in [2.75, 3.05) is 0 Å². The normalized spacial score (nSPS) is 5.20. The molecule has 0 bridgehead atoms. The minimum atomic E-state index is 0. The maximum absolute atomic E-state index is 9.44. The zero-order valence-electron chi connectivity index (χ0n) is 3.91. The van der Waals surface area contributed by atoms with Crippen LogP contribution in [0.2, 0.25) is 0 Å². The van der Waals surface area contributed by atoms with E-state index in [1.54, 1.807) is 0 Å². The van der Waals surface area contributed by atoms with Crippen LogP contribution < -0.4 is 0 Å². The predicted molar refractivity (Wildman–Crippen MR) is 22.1 cm³/mol. The number of hydrogen-bond donors (Lipinski definition) is 0. The molecule has 0 saturated carbocycles. The van der Waals surface area contributed by atoms with Crippen molar-refractivity contribution < 1.29 is 4.79 Å². The van der Waals surface area contributed by atoms with E-state index in [9.17, 15) is 4.79 Å². The molecule has 0 aliphatic heterocycles. The van der Waals surface area contributed by atoms with Crippen LogP contribution in [0.4, 0.5) is 0 Å². The summed E-state index contributed by atoms with van der Waals surface area (Å²) in [5.74, 6) is 0.167. The Morgan fingerprint density at radius 2 is 1.40 bits per heavy atom. The van der Waals surface area contributed by atoms with Gasteiger partial charge in [0, 0.05) is 51.4 Å². The Morgan fingerprint density at radius 1 is 1.40 bits per heavy atom. The molecule has 1 nitrogen and oxygen atoms in total. The van der Waals surface area contributed by atoms with E-state index in [0.717, 1.165) is 0 Å². The van der Waals surface area contributed by atoms with Crippen molar-refractivity contribution in [2.45, 2.75) is 13.8 Å². The fourth-order valence-electron chi connectivity index (χ4n) is 0. The van der Waals surface area contributed by atoms with Gasteiger partial charge in [-0.1, -0.05) is 0 Å². The summed E-state index contributed by atoms with van der Waals surface area (Å²) in [6, 6.07) is 0. The molecule has 5 heavy (non-hydrogen) atoms. The molecule has 25 valence electrons. The maximum atomic E-state index is 9.44. The van der Waals surface area contributed by atoms with Crippen molar-refractivity contribution in [3.05, 3.63) is 0 Å². The number of Topliss-reactive ketones (excluding diaryl/α,β-unsaturated/α-hetero) is 1. The average Bonchev–Trinajstić information content (AvgIpc) is 0.811. The first-order valence-corrected chi connectivity index (χ1v) is 1.20. The smallest absolute Gasteiger partial charge is 0.126 e. The molecule has 0 atom stereocenters. The van der Waals surface area contributed by atoms with Gasteiger partial charge in [0.1, 0.15) is 5.78 Å². The fourth-order valence-corrected chi connectivity index (χ4v) is 0. The Hall–Kier alpha value is 1.31. The van der Waals surface area contributed by atoms with E-state index < -0.39 is 0 Å². The van der Waals surface area contributed by atoms with E-state index in [1.807, 2.05) is 0 Å². The molecule has 0 aromatic carbocycles. The second kappa shape index (κ2) is 5.31. The van der Waals surface area contributed by atoms with Crippen LogP contribution in [0, 0.1) is 0 Å². The van der Waals surface area contributed by atoms with Gasteiger partial charge in [0.15, 0.2) is 0 Å². The molecule has 1 radical (unpaired) electrons. The molecule has 0 aliphatic carbocycles. The van der Waals surface area contributed by atoms with Crippen LogP contribution in [0.3, 0.4) is 0 Å². The third-order valence-electron chi connectivity index (χ3n) is 0. The summed E-state index contributed by atoms with van der Waals surface area (Å²) >= 11 is 0. The van der Waals surface area contributed by atoms with Gasteiger partial charge in [0.2, 0.25) is 0 Å². The first-order chi connectivity index (χ1) is 1.73. The van der Waals surface area contributed by atoms with Gasteiger partial charge in [0.05, 0.1) is 0 Å². The van der Waals surface area contributed by atoms with Crippen LogP contribution in [0.5, 0.6) is 0 Å². The molecule has 0 amide bonds. The molecule has 0 aromatic heterocycles. The zero-order chi connectivity index (χ0) is 3.58. The van der Waals surface area contributed by atoms with Gasteiger partial charge in [-0.15, -0.1) is 0 Å². The first kappa shape index (κ1) is 9.58. The second-order valence-electron chi connectivity index (χ2n) is 0.908. The third-order valence-corrected chi connectivity index (χ3v) is 0. The molecule has 2 heteroatoms. The van der Waals surface area contributed by atoms with Crippen molar-refractivity contribution in [3.8, 4) is 0 Å². The molecule has 0 fully saturated rings. The fraction of sp³-hybridized carbons (Fsp3) is 0.667. The first-order valence-electron chi connectivity index (χ1n) is 1.20. The third kappa shape index (κ3) is 34.0. The Balaban J connectivity index is 0. The number of ketones is 1. The number of rotatable bonds is 0. The monoisotopic (exact) mass is 97.0 g/mol. The summed E-state index contributed by atoms with van der Waals surface area (Å²) in [4.78, 5) is 9.44. The average molecular weight is 97.2 g/mol. The van der Waals surface area contributed by atoms with Crippen molar-refractivity contribution in [2.24, 2.45) is 0 Å². The van der Waals surface area contributed by atoms with Gasteiger partial charge < -0.3 is 4.79 Å². The molecular formula is C3H6KO. The summed E-state index contributed by atoms with van der Waals surface area (Å²) in [7, 11) is 0. The number of carbonyl (C=O) groups is 1. The largest absolute Gasteiger partial charge is 0.300 e.